The largest absolute Gasteiger partial charge is 0.379 e. The second-order valence-corrected chi connectivity index (χ2v) is 4.89. The molecule has 0 aliphatic carbocycles. The number of nitrogens with zero attached hydrogens (tertiary/aromatic N) is 3. The average Bonchev–Trinajstić information content (AvgIpc) is 3.19. The van der Waals surface area contributed by atoms with Crippen LogP contribution in [-0.2, 0) is 9.53 Å². The predicted molar refractivity (Wildman–Crippen MR) is 77.1 cm³/mol. The highest BCUT2D eigenvalue weighted by atomic mass is 16.5. The number of anilines is 1. The van der Waals surface area contributed by atoms with Crippen molar-refractivity contribution < 1.29 is 9.53 Å². The number of hydrogen-bond acceptors (Lipinski definition) is 5. The van der Waals surface area contributed by atoms with Gasteiger partial charge in [0.25, 0.3) is 0 Å². The smallest absolute Gasteiger partial charge is 0.231 e. The maximum Gasteiger partial charge on any atom is 0.231 e. The van der Waals surface area contributed by atoms with Crippen molar-refractivity contribution in [2.24, 2.45) is 5.92 Å². The number of aromatic nitrogens is 3. The van der Waals surface area contributed by atoms with Crippen LogP contribution < -0.4 is 10.6 Å². The van der Waals surface area contributed by atoms with Crippen molar-refractivity contribution in [1.82, 2.24) is 20.3 Å². The normalized spacial score (nSPS) is 21.4. The van der Waals surface area contributed by atoms with E-state index in [2.05, 4.69) is 20.8 Å². The highest BCUT2D eigenvalue weighted by molar-refractivity contribution is 5.93. The SMILES string of the molecule is CNC1COCC1C(=O)Nc1ccc(-n2nccn2)cc1. The maximum atomic E-state index is 12.2. The Morgan fingerprint density at radius 1 is 1.24 bits per heavy atom. The fourth-order valence-electron chi connectivity index (χ4n) is 2.36. The van der Waals surface area contributed by atoms with Crippen molar-refractivity contribution in [2.45, 2.75) is 6.04 Å². The lowest BCUT2D eigenvalue weighted by atomic mass is 10.0. The van der Waals surface area contributed by atoms with E-state index in [1.807, 2.05) is 31.3 Å². The molecule has 1 fully saturated rings. The molecule has 2 atom stereocenters. The molecule has 1 aromatic heterocycles. The van der Waals surface area contributed by atoms with E-state index in [4.69, 9.17) is 4.74 Å². The molecule has 1 aliphatic heterocycles. The fraction of sp³-hybridized carbons (Fsp3) is 0.357. The molecule has 2 N–H and O–H groups in total. The summed E-state index contributed by atoms with van der Waals surface area (Å²) in [4.78, 5) is 13.8. The first-order valence-corrected chi connectivity index (χ1v) is 6.80. The zero-order valence-corrected chi connectivity index (χ0v) is 11.7. The molecular formula is C14H17N5O2. The molecule has 0 spiro atoms. The van der Waals surface area contributed by atoms with Crippen LogP contribution in [0.5, 0.6) is 0 Å². The molecule has 2 heterocycles. The molecule has 2 aromatic rings. The van der Waals surface area contributed by atoms with E-state index < -0.39 is 0 Å². The zero-order chi connectivity index (χ0) is 14.7. The summed E-state index contributed by atoms with van der Waals surface area (Å²) in [6.07, 6.45) is 3.24. The molecule has 0 bridgehead atoms. The van der Waals surface area contributed by atoms with Gasteiger partial charge in [0.1, 0.15) is 0 Å². The lowest BCUT2D eigenvalue weighted by molar-refractivity contribution is -0.120. The van der Waals surface area contributed by atoms with E-state index >= 15 is 0 Å². The zero-order valence-electron chi connectivity index (χ0n) is 11.7. The summed E-state index contributed by atoms with van der Waals surface area (Å²) in [6.45, 7) is 1.02. The summed E-state index contributed by atoms with van der Waals surface area (Å²) < 4.78 is 5.34. The van der Waals surface area contributed by atoms with Crippen LogP contribution in [-0.4, -0.2) is 47.2 Å². The van der Waals surface area contributed by atoms with Gasteiger partial charge in [-0.15, -0.1) is 0 Å². The molecule has 0 radical (unpaired) electrons. The second-order valence-electron chi connectivity index (χ2n) is 4.89. The van der Waals surface area contributed by atoms with Crippen molar-refractivity contribution in [3.8, 4) is 5.69 Å². The van der Waals surface area contributed by atoms with Crippen molar-refractivity contribution in [2.75, 3.05) is 25.6 Å². The second kappa shape index (κ2) is 6.02. The van der Waals surface area contributed by atoms with E-state index in [1.54, 1.807) is 12.4 Å². The maximum absolute atomic E-state index is 12.2. The Labute approximate surface area is 122 Å². The van der Waals surface area contributed by atoms with Gasteiger partial charge in [-0.25, -0.2) is 0 Å². The Morgan fingerprint density at radius 3 is 2.62 bits per heavy atom. The number of carbonyl (C=O) groups is 1. The van der Waals surface area contributed by atoms with Gasteiger partial charge in [-0.3, -0.25) is 4.79 Å². The summed E-state index contributed by atoms with van der Waals surface area (Å²) in [7, 11) is 1.84. The van der Waals surface area contributed by atoms with Crippen LogP contribution in [0.4, 0.5) is 5.69 Å². The van der Waals surface area contributed by atoms with Gasteiger partial charge < -0.3 is 15.4 Å². The number of rotatable bonds is 4. The highest BCUT2D eigenvalue weighted by Crippen LogP contribution is 2.17. The molecule has 7 nitrogen and oxygen atoms in total. The van der Waals surface area contributed by atoms with E-state index in [0.717, 1.165) is 11.4 Å². The summed E-state index contributed by atoms with van der Waals surface area (Å²) in [5.74, 6) is -0.195. The molecule has 7 heteroatoms. The van der Waals surface area contributed by atoms with E-state index in [-0.39, 0.29) is 17.9 Å². The van der Waals surface area contributed by atoms with Gasteiger partial charge in [0, 0.05) is 11.7 Å². The van der Waals surface area contributed by atoms with Crippen molar-refractivity contribution in [3.63, 3.8) is 0 Å². The van der Waals surface area contributed by atoms with Gasteiger partial charge >= 0.3 is 0 Å². The van der Waals surface area contributed by atoms with Gasteiger partial charge in [0.15, 0.2) is 0 Å². The van der Waals surface area contributed by atoms with Crippen molar-refractivity contribution in [3.05, 3.63) is 36.7 Å². The quantitative estimate of drug-likeness (QED) is 0.853. The van der Waals surface area contributed by atoms with E-state index in [0.29, 0.717) is 13.2 Å². The molecule has 1 saturated heterocycles. The molecule has 0 saturated carbocycles. The number of benzene rings is 1. The Morgan fingerprint density at radius 2 is 1.95 bits per heavy atom. The molecule has 1 aromatic carbocycles. The third-order valence-corrected chi connectivity index (χ3v) is 3.57. The minimum absolute atomic E-state index is 0.0307. The van der Waals surface area contributed by atoms with Gasteiger partial charge in [0.05, 0.1) is 37.2 Å². The van der Waals surface area contributed by atoms with E-state index in [9.17, 15) is 4.79 Å². The third kappa shape index (κ3) is 2.93. The van der Waals surface area contributed by atoms with Gasteiger partial charge in [-0.1, -0.05) is 0 Å². The fourth-order valence-corrected chi connectivity index (χ4v) is 2.36. The first-order chi connectivity index (χ1) is 10.3. The minimum atomic E-state index is -0.164. The number of carbonyl (C=O) groups excluding carboxylic acids is 1. The number of amides is 1. The first-order valence-electron chi connectivity index (χ1n) is 6.80. The van der Waals surface area contributed by atoms with Gasteiger partial charge in [-0.05, 0) is 31.3 Å². The topological polar surface area (TPSA) is 81.1 Å². The predicted octanol–water partition coefficient (Wildman–Crippen LogP) is 0.440. The summed E-state index contributed by atoms with van der Waals surface area (Å²) >= 11 is 0. The average molecular weight is 287 g/mol. The Hall–Kier alpha value is -2.25. The van der Waals surface area contributed by atoms with Crippen LogP contribution >= 0.6 is 0 Å². The monoisotopic (exact) mass is 287 g/mol. The molecular weight excluding hydrogens is 270 g/mol. The van der Waals surface area contributed by atoms with Crippen LogP contribution in [0.2, 0.25) is 0 Å². The highest BCUT2D eigenvalue weighted by Gasteiger charge is 2.32. The molecule has 1 amide bonds. The Balaban J connectivity index is 1.66. The summed E-state index contributed by atoms with van der Waals surface area (Å²) in [5, 5.41) is 14.1. The minimum Gasteiger partial charge on any atom is -0.379 e. The standard InChI is InChI=1S/C14H17N5O2/c1-15-13-9-21-8-12(13)14(20)18-10-2-4-11(5-3-10)19-16-6-7-17-19/h2-7,12-13,15H,8-9H2,1H3,(H,18,20). The number of ether oxygens (including phenoxy) is 1. The van der Waals surface area contributed by atoms with Crippen molar-refractivity contribution >= 4 is 11.6 Å². The van der Waals surface area contributed by atoms with Crippen LogP contribution in [0.25, 0.3) is 5.69 Å². The summed E-state index contributed by atoms with van der Waals surface area (Å²) in [5.41, 5.74) is 1.59. The number of likely N-dealkylation sites (N-methyl/N-ethyl adjacent to an activating group) is 1. The molecule has 3 rings (SSSR count). The lowest BCUT2D eigenvalue weighted by Crippen LogP contribution is -2.39. The molecule has 21 heavy (non-hydrogen) atoms. The number of nitrogens with one attached hydrogen (secondary N) is 2. The Bertz CT molecular complexity index is 596. The summed E-state index contributed by atoms with van der Waals surface area (Å²) in [6, 6.07) is 7.45. The van der Waals surface area contributed by atoms with Crippen LogP contribution in [0.3, 0.4) is 0 Å². The number of hydrogen-bond donors (Lipinski definition) is 2. The molecule has 1 aliphatic rings. The van der Waals surface area contributed by atoms with E-state index in [1.165, 1.54) is 4.80 Å². The van der Waals surface area contributed by atoms with Crippen LogP contribution in [0.15, 0.2) is 36.7 Å². The van der Waals surface area contributed by atoms with Crippen LogP contribution in [0.1, 0.15) is 0 Å². The van der Waals surface area contributed by atoms with Gasteiger partial charge in [-0.2, -0.15) is 15.0 Å². The lowest BCUT2D eigenvalue weighted by Gasteiger charge is -2.16. The Kier molecular flexibility index (Phi) is 3.94. The van der Waals surface area contributed by atoms with Crippen LogP contribution in [0, 0.1) is 5.92 Å². The van der Waals surface area contributed by atoms with Crippen molar-refractivity contribution in [1.29, 1.82) is 0 Å². The third-order valence-electron chi connectivity index (χ3n) is 3.57. The molecule has 110 valence electrons. The first kappa shape index (κ1) is 13.7. The molecule has 2 unspecified atom stereocenters. The van der Waals surface area contributed by atoms with Gasteiger partial charge in [0.2, 0.25) is 5.91 Å².